The van der Waals surface area contributed by atoms with Crippen molar-refractivity contribution in [2.45, 2.75) is 50.3 Å². The van der Waals surface area contributed by atoms with Crippen LogP contribution in [-0.4, -0.2) is 41.4 Å². The first-order chi connectivity index (χ1) is 8.39. The number of alkyl halides is 3. The van der Waals surface area contributed by atoms with Crippen molar-refractivity contribution in [3.8, 4) is 6.07 Å². The number of rotatable bonds is 4. The van der Waals surface area contributed by atoms with Crippen LogP contribution in [0.15, 0.2) is 0 Å². The second kappa shape index (κ2) is 6.39. The molecule has 1 atom stereocenters. The molecule has 18 heavy (non-hydrogen) atoms. The molecule has 0 spiro atoms. The molecule has 0 saturated carbocycles. The second-order valence-electron chi connectivity index (χ2n) is 4.84. The van der Waals surface area contributed by atoms with Crippen LogP contribution in [-0.2, 0) is 0 Å². The fourth-order valence-electron chi connectivity index (χ4n) is 2.22. The molecule has 0 aromatic carbocycles. The molecule has 1 heterocycles. The molecule has 1 unspecified atom stereocenters. The van der Waals surface area contributed by atoms with Gasteiger partial charge >= 0.3 is 6.18 Å². The molecule has 1 N–H and O–H groups in total. The molecule has 6 heteroatoms. The Balaban J connectivity index is 2.40. The van der Waals surface area contributed by atoms with Crippen LogP contribution in [0.4, 0.5) is 13.2 Å². The van der Waals surface area contributed by atoms with Crippen LogP contribution in [0.1, 0.15) is 38.5 Å². The van der Waals surface area contributed by atoms with Crippen molar-refractivity contribution in [3.63, 3.8) is 0 Å². The SMILES string of the molecule is N#CCCCCN1CCCC(O)(C(F)(F)F)CC1. The van der Waals surface area contributed by atoms with Gasteiger partial charge in [-0.1, -0.05) is 0 Å². The van der Waals surface area contributed by atoms with Gasteiger partial charge in [0, 0.05) is 13.0 Å². The van der Waals surface area contributed by atoms with Crippen LogP contribution >= 0.6 is 0 Å². The van der Waals surface area contributed by atoms with E-state index in [4.69, 9.17) is 5.26 Å². The molecule has 0 aliphatic carbocycles. The molecule has 0 bridgehead atoms. The van der Waals surface area contributed by atoms with E-state index in [-0.39, 0.29) is 19.4 Å². The van der Waals surface area contributed by atoms with E-state index >= 15 is 0 Å². The van der Waals surface area contributed by atoms with Gasteiger partial charge < -0.3 is 10.0 Å². The lowest BCUT2D eigenvalue weighted by molar-refractivity contribution is -0.263. The maximum Gasteiger partial charge on any atom is 0.417 e. The molecular weight excluding hydrogens is 245 g/mol. The summed E-state index contributed by atoms with van der Waals surface area (Å²) in [6, 6.07) is 2.04. The Labute approximate surface area is 105 Å². The predicted octanol–water partition coefficient (Wildman–Crippen LogP) is 2.46. The van der Waals surface area contributed by atoms with E-state index in [2.05, 4.69) is 0 Å². The molecule has 0 aromatic heterocycles. The first-order valence-corrected chi connectivity index (χ1v) is 6.27. The molecule has 1 aliphatic rings. The number of hydrogen-bond acceptors (Lipinski definition) is 3. The quantitative estimate of drug-likeness (QED) is 0.793. The molecule has 1 aliphatic heterocycles. The van der Waals surface area contributed by atoms with Crippen molar-refractivity contribution < 1.29 is 18.3 Å². The number of halogens is 3. The van der Waals surface area contributed by atoms with Crippen molar-refractivity contribution in [1.82, 2.24) is 4.90 Å². The lowest BCUT2D eigenvalue weighted by Gasteiger charge is -2.29. The highest BCUT2D eigenvalue weighted by Gasteiger charge is 2.53. The predicted molar refractivity (Wildman–Crippen MR) is 60.8 cm³/mol. The third-order valence-electron chi connectivity index (χ3n) is 3.45. The molecule has 104 valence electrons. The van der Waals surface area contributed by atoms with E-state index in [1.54, 1.807) is 0 Å². The van der Waals surface area contributed by atoms with E-state index in [9.17, 15) is 18.3 Å². The van der Waals surface area contributed by atoms with E-state index < -0.39 is 11.8 Å². The topological polar surface area (TPSA) is 47.3 Å². The Bertz CT molecular complexity index is 301. The van der Waals surface area contributed by atoms with Gasteiger partial charge in [-0.15, -0.1) is 0 Å². The lowest BCUT2D eigenvalue weighted by Crippen LogP contribution is -2.45. The summed E-state index contributed by atoms with van der Waals surface area (Å²) < 4.78 is 38.0. The van der Waals surface area contributed by atoms with Crippen LogP contribution in [0.3, 0.4) is 0 Å². The number of nitriles is 1. The van der Waals surface area contributed by atoms with Gasteiger partial charge in [0.15, 0.2) is 5.60 Å². The Morgan fingerprint density at radius 3 is 2.56 bits per heavy atom. The van der Waals surface area contributed by atoms with Gasteiger partial charge in [0.05, 0.1) is 6.07 Å². The first-order valence-electron chi connectivity index (χ1n) is 6.27. The number of hydrogen-bond donors (Lipinski definition) is 1. The van der Waals surface area contributed by atoms with Gasteiger partial charge in [-0.3, -0.25) is 0 Å². The van der Waals surface area contributed by atoms with Crippen LogP contribution in [0, 0.1) is 11.3 Å². The van der Waals surface area contributed by atoms with Crippen molar-refractivity contribution in [2.75, 3.05) is 19.6 Å². The summed E-state index contributed by atoms with van der Waals surface area (Å²) in [7, 11) is 0. The van der Waals surface area contributed by atoms with Crippen LogP contribution in [0.25, 0.3) is 0 Å². The van der Waals surface area contributed by atoms with Gasteiger partial charge in [-0.25, -0.2) is 0 Å². The Kier molecular flexibility index (Phi) is 5.42. The standard InChI is InChI=1S/C12H19F3N2O/c13-12(14,15)11(18)5-4-9-17(10-6-11)8-3-1-2-7-16/h18H,1-6,8-10H2. The normalized spacial score (nSPS) is 26.6. The summed E-state index contributed by atoms with van der Waals surface area (Å²) in [5.41, 5.74) is -2.52. The number of aliphatic hydroxyl groups is 1. The van der Waals surface area contributed by atoms with Crippen molar-refractivity contribution in [1.29, 1.82) is 5.26 Å². The third-order valence-corrected chi connectivity index (χ3v) is 3.45. The summed E-state index contributed by atoms with van der Waals surface area (Å²) in [6.45, 7) is 1.56. The summed E-state index contributed by atoms with van der Waals surface area (Å²) >= 11 is 0. The number of nitrogens with zero attached hydrogens (tertiary/aromatic N) is 2. The molecule has 1 rings (SSSR count). The number of unbranched alkanes of at least 4 members (excludes halogenated alkanes) is 2. The highest BCUT2D eigenvalue weighted by Crippen LogP contribution is 2.38. The van der Waals surface area contributed by atoms with Gasteiger partial charge in [0.25, 0.3) is 0 Å². The highest BCUT2D eigenvalue weighted by molar-refractivity contribution is 4.89. The monoisotopic (exact) mass is 264 g/mol. The van der Waals surface area contributed by atoms with Crippen LogP contribution in [0.5, 0.6) is 0 Å². The number of likely N-dealkylation sites (tertiary alicyclic amines) is 1. The molecule has 0 radical (unpaired) electrons. The molecule has 0 amide bonds. The summed E-state index contributed by atoms with van der Waals surface area (Å²) in [4.78, 5) is 1.95. The molecule has 3 nitrogen and oxygen atoms in total. The van der Waals surface area contributed by atoms with Crippen molar-refractivity contribution in [3.05, 3.63) is 0 Å². The van der Waals surface area contributed by atoms with Gasteiger partial charge in [0.1, 0.15) is 0 Å². The average molecular weight is 264 g/mol. The average Bonchev–Trinajstić information content (AvgIpc) is 2.47. The minimum Gasteiger partial charge on any atom is -0.380 e. The molecule has 0 aromatic rings. The highest BCUT2D eigenvalue weighted by atomic mass is 19.4. The second-order valence-corrected chi connectivity index (χ2v) is 4.84. The summed E-state index contributed by atoms with van der Waals surface area (Å²) in [5.74, 6) is 0. The largest absolute Gasteiger partial charge is 0.417 e. The fraction of sp³-hybridized carbons (Fsp3) is 0.917. The van der Waals surface area contributed by atoms with Gasteiger partial charge in [-0.2, -0.15) is 18.4 Å². The maximum absolute atomic E-state index is 12.7. The van der Waals surface area contributed by atoms with Crippen LogP contribution in [0.2, 0.25) is 0 Å². The molecule has 1 saturated heterocycles. The van der Waals surface area contributed by atoms with E-state index in [1.807, 2.05) is 11.0 Å². The van der Waals surface area contributed by atoms with E-state index in [1.165, 1.54) is 0 Å². The zero-order valence-corrected chi connectivity index (χ0v) is 10.3. The maximum atomic E-state index is 12.7. The Morgan fingerprint density at radius 2 is 1.94 bits per heavy atom. The van der Waals surface area contributed by atoms with E-state index in [0.29, 0.717) is 25.9 Å². The van der Waals surface area contributed by atoms with Crippen LogP contribution < -0.4 is 0 Å². The fourth-order valence-corrected chi connectivity index (χ4v) is 2.22. The Hall–Kier alpha value is -0.800. The minimum atomic E-state index is -4.54. The third kappa shape index (κ3) is 4.14. The summed E-state index contributed by atoms with van der Waals surface area (Å²) in [6.07, 6.45) is -2.58. The zero-order chi connectivity index (χ0) is 13.6. The van der Waals surface area contributed by atoms with Crippen molar-refractivity contribution >= 4 is 0 Å². The van der Waals surface area contributed by atoms with Crippen molar-refractivity contribution in [2.24, 2.45) is 0 Å². The molecule has 1 fully saturated rings. The zero-order valence-electron chi connectivity index (χ0n) is 10.3. The lowest BCUT2D eigenvalue weighted by atomic mass is 9.94. The van der Waals surface area contributed by atoms with E-state index in [0.717, 1.165) is 12.8 Å². The van der Waals surface area contributed by atoms with Gasteiger partial charge in [0.2, 0.25) is 0 Å². The Morgan fingerprint density at radius 1 is 1.22 bits per heavy atom. The molecular formula is C12H19F3N2O. The first kappa shape index (κ1) is 15.3. The van der Waals surface area contributed by atoms with Gasteiger partial charge in [-0.05, 0) is 45.2 Å². The smallest absolute Gasteiger partial charge is 0.380 e. The minimum absolute atomic E-state index is 0.217. The summed E-state index contributed by atoms with van der Waals surface area (Å²) in [5, 5.41) is 18.0.